The third kappa shape index (κ3) is 3.45. The van der Waals surface area contributed by atoms with Gasteiger partial charge in [0.2, 0.25) is 0 Å². The number of rotatable bonds is 4. The number of fused-ring (bicyclic) bond motifs is 5. The Kier molecular flexibility index (Phi) is 5.25. The largest absolute Gasteiger partial charge is 0.378 e. The summed E-state index contributed by atoms with van der Waals surface area (Å²) >= 11 is 0. The highest BCUT2D eigenvalue weighted by Crippen LogP contribution is 2.64. The molecule has 0 aromatic heterocycles. The number of hydrogen-bond donors (Lipinski definition) is 1. The molecule has 2 heteroatoms. The lowest BCUT2D eigenvalue weighted by molar-refractivity contribution is -0.128. The number of carbonyl (C=O) groups is 1. The highest BCUT2D eigenvalue weighted by Gasteiger charge is 2.58. The molecular weight excluding hydrogens is 354 g/mol. The summed E-state index contributed by atoms with van der Waals surface area (Å²) in [6.45, 7) is 5.45. The Morgan fingerprint density at radius 3 is 2.59 bits per heavy atom. The van der Waals surface area contributed by atoms with Gasteiger partial charge in [-0.05, 0) is 104 Å². The molecule has 0 saturated heterocycles. The minimum Gasteiger partial charge on any atom is -0.378 e. The van der Waals surface area contributed by atoms with E-state index in [4.69, 9.17) is 0 Å². The second-order valence-electron chi connectivity index (χ2n) is 11.2. The first kappa shape index (κ1) is 19.6. The molecule has 1 aromatic rings. The van der Waals surface area contributed by atoms with E-state index in [1.54, 1.807) is 0 Å². The van der Waals surface area contributed by atoms with Crippen molar-refractivity contribution in [3.8, 4) is 0 Å². The summed E-state index contributed by atoms with van der Waals surface area (Å²) in [4.78, 5) is 13.2. The fourth-order valence-corrected chi connectivity index (χ4v) is 8.49. The summed E-state index contributed by atoms with van der Waals surface area (Å²) < 4.78 is 0. The average molecular weight is 394 g/mol. The number of ketones is 1. The van der Waals surface area contributed by atoms with Crippen LogP contribution in [0.2, 0.25) is 0 Å². The van der Waals surface area contributed by atoms with Gasteiger partial charge in [-0.3, -0.25) is 4.79 Å². The van der Waals surface area contributed by atoms with Gasteiger partial charge in [0.1, 0.15) is 0 Å². The summed E-state index contributed by atoms with van der Waals surface area (Å²) in [5, 5.41) is 3.38. The van der Waals surface area contributed by atoms with Crippen LogP contribution in [0, 0.1) is 46.8 Å². The molecule has 0 amide bonds. The van der Waals surface area contributed by atoms with Gasteiger partial charge in [-0.2, -0.15) is 0 Å². The molecule has 0 radical (unpaired) electrons. The van der Waals surface area contributed by atoms with E-state index < -0.39 is 0 Å². The van der Waals surface area contributed by atoms with Gasteiger partial charge >= 0.3 is 0 Å². The zero-order chi connectivity index (χ0) is 20.0. The topological polar surface area (TPSA) is 29.1 Å². The highest BCUT2D eigenvalue weighted by atomic mass is 16.1. The van der Waals surface area contributed by atoms with E-state index in [0.717, 1.165) is 47.6 Å². The monoisotopic (exact) mass is 393 g/mol. The summed E-state index contributed by atoms with van der Waals surface area (Å²) in [7, 11) is 0. The smallest absolute Gasteiger partial charge is 0.155 e. The third-order valence-electron chi connectivity index (χ3n) is 9.85. The van der Waals surface area contributed by atoms with E-state index in [1.807, 2.05) is 18.2 Å². The molecule has 0 spiro atoms. The van der Waals surface area contributed by atoms with Gasteiger partial charge in [-0.15, -0.1) is 0 Å². The van der Waals surface area contributed by atoms with Crippen LogP contribution in [0.5, 0.6) is 0 Å². The van der Waals surface area contributed by atoms with Crippen LogP contribution < -0.4 is 5.32 Å². The van der Waals surface area contributed by atoms with Crippen LogP contribution in [0.4, 0.5) is 5.69 Å². The second kappa shape index (κ2) is 7.75. The van der Waals surface area contributed by atoms with Crippen LogP contribution >= 0.6 is 0 Å². The Morgan fingerprint density at radius 1 is 0.966 bits per heavy atom. The van der Waals surface area contributed by atoms with Crippen molar-refractivity contribution < 1.29 is 4.79 Å². The summed E-state index contributed by atoms with van der Waals surface area (Å²) in [5.74, 6) is 6.37. The zero-order valence-corrected chi connectivity index (χ0v) is 18.4. The minimum absolute atomic E-state index is 0.255. The molecule has 158 valence electrons. The fraction of sp³-hybridized carbons (Fsp3) is 0.741. The predicted octanol–water partition coefficient (Wildman–Crippen LogP) is 6.57. The number of benzene rings is 1. The van der Waals surface area contributed by atoms with Crippen molar-refractivity contribution in [2.75, 3.05) is 11.9 Å². The van der Waals surface area contributed by atoms with E-state index >= 15 is 0 Å². The van der Waals surface area contributed by atoms with E-state index in [2.05, 4.69) is 31.3 Å². The maximum atomic E-state index is 13.2. The molecule has 4 aliphatic rings. The first-order chi connectivity index (χ1) is 14.1. The Bertz CT molecular complexity index is 729. The van der Waals surface area contributed by atoms with Crippen molar-refractivity contribution in [1.82, 2.24) is 0 Å². The quantitative estimate of drug-likeness (QED) is 0.626. The normalized spacial score (nSPS) is 43.7. The van der Waals surface area contributed by atoms with Crippen LogP contribution in [-0.2, 0) is 4.79 Å². The first-order valence-corrected chi connectivity index (χ1v) is 12.4. The van der Waals surface area contributed by atoms with E-state index in [-0.39, 0.29) is 11.3 Å². The number of anilines is 1. The van der Waals surface area contributed by atoms with E-state index in [9.17, 15) is 4.79 Å². The summed E-state index contributed by atoms with van der Waals surface area (Å²) in [6.07, 6.45) is 12.5. The van der Waals surface area contributed by atoms with Crippen molar-refractivity contribution in [1.29, 1.82) is 0 Å². The van der Waals surface area contributed by atoms with Gasteiger partial charge in [0.15, 0.2) is 5.78 Å². The zero-order valence-electron chi connectivity index (χ0n) is 18.4. The highest BCUT2D eigenvalue weighted by molar-refractivity contribution is 5.86. The van der Waals surface area contributed by atoms with Crippen LogP contribution in [-0.4, -0.2) is 12.3 Å². The number of carbonyl (C=O) groups excluding carboxylic acids is 1. The molecule has 2 nitrogen and oxygen atoms in total. The number of nitrogens with one attached hydrogen (secondary N) is 1. The van der Waals surface area contributed by atoms with Gasteiger partial charge in [0.05, 0.1) is 6.54 Å². The first-order valence-electron chi connectivity index (χ1n) is 12.4. The molecule has 4 fully saturated rings. The van der Waals surface area contributed by atoms with E-state index in [1.165, 1.54) is 51.4 Å². The van der Waals surface area contributed by atoms with Crippen LogP contribution in [0.3, 0.4) is 0 Å². The van der Waals surface area contributed by atoms with Crippen molar-refractivity contribution >= 4 is 11.5 Å². The lowest BCUT2D eigenvalue weighted by Crippen LogP contribution is -2.49. The molecule has 4 aliphatic carbocycles. The average Bonchev–Trinajstić information content (AvgIpc) is 3.09. The molecule has 1 aromatic carbocycles. The molecule has 0 aliphatic heterocycles. The van der Waals surface area contributed by atoms with Gasteiger partial charge in [0.25, 0.3) is 0 Å². The molecule has 0 heterocycles. The number of hydrogen-bond acceptors (Lipinski definition) is 2. The standard InChI is InChI=1S/C27H39NO/c1-18-8-10-21-19(16-18)9-11-23-22(21)14-15-27(2)24(23)12-13-25(27)26(29)17-28-20-6-4-3-5-7-20/h3-7,18-19,21-25,28H,8-17H2,1-2H3/t18?,19-,21?,22?,23?,24?,25?,27?/m1/s1. The maximum Gasteiger partial charge on any atom is 0.155 e. The lowest BCUT2D eigenvalue weighted by Gasteiger charge is -2.56. The number of para-hydroxylation sites is 1. The van der Waals surface area contributed by atoms with Crippen LogP contribution in [0.25, 0.3) is 0 Å². The Balaban J connectivity index is 1.27. The maximum absolute atomic E-state index is 13.2. The SMILES string of the molecule is CC1CCC2C3CCC4(C)C(C(=O)CNc5ccccc5)CCC4C3CC[C@@H]2C1. The third-order valence-corrected chi connectivity index (χ3v) is 9.85. The Labute approximate surface area is 177 Å². The second-order valence-corrected chi connectivity index (χ2v) is 11.2. The summed E-state index contributed by atoms with van der Waals surface area (Å²) in [5.41, 5.74) is 1.32. The van der Waals surface area contributed by atoms with E-state index in [0.29, 0.717) is 12.3 Å². The van der Waals surface area contributed by atoms with Crippen LogP contribution in [0.1, 0.15) is 71.6 Å². The molecule has 29 heavy (non-hydrogen) atoms. The molecule has 5 rings (SSSR count). The predicted molar refractivity (Wildman–Crippen MR) is 120 cm³/mol. The van der Waals surface area contributed by atoms with Crippen molar-refractivity contribution in [3.05, 3.63) is 30.3 Å². The molecule has 8 atom stereocenters. The molecular formula is C27H39NO. The molecule has 0 bridgehead atoms. The van der Waals surface area contributed by atoms with Gasteiger partial charge in [0, 0.05) is 11.6 Å². The van der Waals surface area contributed by atoms with Crippen molar-refractivity contribution in [2.24, 2.45) is 46.8 Å². The number of Topliss-reactive ketones (excluding diaryl/α,β-unsaturated/α-hetero) is 1. The van der Waals surface area contributed by atoms with Gasteiger partial charge in [-0.1, -0.05) is 38.5 Å². The molecule has 7 unspecified atom stereocenters. The van der Waals surface area contributed by atoms with Gasteiger partial charge < -0.3 is 5.32 Å². The van der Waals surface area contributed by atoms with Crippen LogP contribution in [0.15, 0.2) is 30.3 Å². The lowest BCUT2D eigenvalue weighted by atomic mass is 9.49. The Morgan fingerprint density at radius 2 is 1.76 bits per heavy atom. The molecule has 4 saturated carbocycles. The van der Waals surface area contributed by atoms with Crippen molar-refractivity contribution in [2.45, 2.75) is 71.6 Å². The van der Waals surface area contributed by atoms with Crippen molar-refractivity contribution in [3.63, 3.8) is 0 Å². The van der Waals surface area contributed by atoms with Gasteiger partial charge in [-0.25, -0.2) is 0 Å². The molecule has 1 N–H and O–H groups in total. The Hall–Kier alpha value is -1.31. The minimum atomic E-state index is 0.255. The summed E-state index contributed by atoms with van der Waals surface area (Å²) in [6, 6.07) is 10.2. The fourth-order valence-electron chi connectivity index (χ4n) is 8.49.